The number of hydrogen-bond acceptors (Lipinski definition) is 3. The van der Waals surface area contributed by atoms with Crippen molar-refractivity contribution >= 4 is 22.6 Å². The van der Waals surface area contributed by atoms with Crippen LogP contribution in [0.2, 0.25) is 0 Å². The third-order valence-electron chi connectivity index (χ3n) is 3.40. The van der Waals surface area contributed by atoms with Crippen LogP contribution in [0.1, 0.15) is 17.0 Å². The van der Waals surface area contributed by atoms with Crippen LogP contribution in [-0.4, -0.2) is 12.5 Å². The van der Waals surface area contributed by atoms with Gasteiger partial charge >= 0.3 is 0 Å². The van der Waals surface area contributed by atoms with E-state index in [0.717, 1.165) is 11.1 Å². The van der Waals surface area contributed by atoms with Crippen molar-refractivity contribution in [1.29, 1.82) is 5.26 Å². The third kappa shape index (κ3) is 2.70. The first kappa shape index (κ1) is 13.9. The molecule has 0 atom stereocenters. The molecule has 0 aliphatic heterocycles. The largest absolute Gasteiger partial charge is 0.451 e. The van der Waals surface area contributed by atoms with E-state index in [1.165, 1.54) is 0 Å². The Morgan fingerprint density at radius 2 is 1.82 bits per heavy atom. The van der Waals surface area contributed by atoms with E-state index in [1.54, 1.807) is 11.0 Å². The Bertz CT molecular complexity index is 798. The molecule has 4 heteroatoms. The molecule has 0 bridgehead atoms. The Morgan fingerprint density at radius 1 is 1.09 bits per heavy atom. The summed E-state index contributed by atoms with van der Waals surface area (Å²) in [5.41, 5.74) is 1.43. The fourth-order valence-electron chi connectivity index (χ4n) is 2.34. The minimum absolute atomic E-state index is 0.238. The van der Waals surface area contributed by atoms with Gasteiger partial charge in [-0.25, -0.2) is 0 Å². The molecule has 0 spiro atoms. The first-order valence-corrected chi connectivity index (χ1v) is 7.02. The lowest BCUT2D eigenvalue weighted by molar-refractivity contribution is 0.0963. The molecule has 0 aliphatic rings. The topological polar surface area (TPSA) is 57.2 Å². The fraction of sp³-hybridized carbons (Fsp3) is 0.111. The molecule has 2 aromatic carbocycles. The maximum Gasteiger partial charge on any atom is 0.294 e. The number of rotatable bonds is 4. The molecule has 0 saturated heterocycles. The normalized spacial score (nSPS) is 10.3. The van der Waals surface area contributed by atoms with Crippen molar-refractivity contribution in [3.8, 4) is 6.07 Å². The smallest absolute Gasteiger partial charge is 0.294 e. The van der Waals surface area contributed by atoms with Crippen molar-refractivity contribution in [2.24, 2.45) is 0 Å². The van der Waals surface area contributed by atoms with Gasteiger partial charge in [0.15, 0.2) is 5.76 Å². The monoisotopic (exact) mass is 290 g/mol. The molecular weight excluding hydrogens is 276 g/mol. The molecule has 108 valence electrons. The lowest BCUT2D eigenvalue weighted by Gasteiger charge is -2.20. The average molecular weight is 290 g/mol. The zero-order valence-corrected chi connectivity index (χ0v) is 11.9. The van der Waals surface area contributed by atoms with Gasteiger partial charge in [0, 0.05) is 17.6 Å². The number of carbonyl (C=O) groups excluding carboxylic acids is 1. The van der Waals surface area contributed by atoms with Gasteiger partial charge in [0.2, 0.25) is 0 Å². The number of para-hydroxylation sites is 2. The van der Waals surface area contributed by atoms with E-state index in [4.69, 9.17) is 9.68 Å². The van der Waals surface area contributed by atoms with Gasteiger partial charge in [-0.05, 0) is 24.3 Å². The van der Waals surface area contributed by atoms with Crippen LogP contribution in [0.4, 0.5) is 5.69 Å². The minimum Gasteiger partial charge on any atom is -0.451 e. The SMILES string of the molecule is N#CCCN(C(=O)c1cc2ccccc2o1)c1ccccc1. The first-order chi connectivity index (χ1) is 10.8. The summed E-state index contributed by atoms with van der Waals surface area (Å²) in [6, 6.07) is 20.6. The first-order valence-electron chi connectivity index (χ1n) is 7.02. The number of furan rings is 1. The second kappa shape index (κ2) is 6.15. The van der Waals surface area contributed by atoms with Gasteiger partial charge < -0.3 is 9.32 Å². The fourth-order valence-corrected chi connectivity index (χ4v) is 2.34. The molecule has 0 aliphatic carbocycles. The van der Waals surface area contributed by atoms with Crippen LogP contribution in [0.25, 0.3) is 11.0 Å². The Morgan fingerprint density at radius 3 is 2.55 bits per heavy atom. The van der Waals surface area contributed by atoms with E-state index >= 15 is 0 Å². The summed E-state index contributed by atoms with van der Waals surface area (Å²) in [6.45, 7) is 0.330. The Hall–Kier alpha value is -3.06. The van der Waals surface area contributed by atoms with Crippen LogP contribution in [0, 0.1) is 11.3 Å². The number of hydrogen-bond donors (Lipinski definition) is 0. The second-order valence-electron chi connectivity index (χ2n) is 4.85. The average Bonchev–Trinajstić information content (AvgIpc) is 3.00. The maximum absolute atomic E-state index is 12.7. The molecule has 1 aromatic heterocycles. The third-order valence-corrected chi connectivity index (χ3v) is 3.40. The standard InChI is InChI=1S/C18H14N2O2/c19-11-6-12-20(15-8-2-1-3-9-15)18(21)17-13-14-7-4-5-10-16(14)22-17/h1-5,7-10,13H,6,12H2. The zero-order valence-electron chi connectivity index (χ0n) is 11.9. The summed E-state index contributed by atoms with van der Waals surface area (Å²) in [5.74, 6) is 0.0423. The Balaban J connectivity index is 1.96. The second-order valence-corrected chi connectivity index (χ2v) is 4.85. The molecule has 1 heterocycles. The number of anilines is 1. The lowest BCUT2D eigenvalue weighted by Crippen LogP contribution is -2.31. The highest BCUT2D eigenvalue weighted by atomic mass is 16.3. The number of nitriles is 1. The molecule has 3 rings (SSSR count). The predicted molar refractivity (Wildman–Crippen MR) is 84.6 cm³/mol. The van der Waals surface area contributed by atoms with Gasteiger partial charge in [-0.3, -0.25) is 4.79 Å². The highest BCUT2D eigenvalue weighted by Crippen LogP contribution is 2.23. The highest BCUT2D eigenvalue weighted by molar-refractivity contribution is 6.06. The maximum atomic E-state index is 12.7. The van der Waals surface area contributed by atoms with Crippen molar-refractivity contribution in [2.45, 2.75) is 6.42 Å². The van der Waals surface area contributed by atoms with Crippen LogP contribution in [0.3, 0.4) is 0 Å². The highest BCUT2D eigenvalue weighted by Gasteiger charge is 2.21. The van der Waals surface area contributed by atoms with Gasteiger partial charge in [-0.2, -0.15) is 5.26 Å². The van der Waals surface area contributed by atoms with Crippen molar-refractivity contribution in [3.05, 3.63) is 66.4 Å². The molecule has 0 radical (unpaired) electrons. The van der Waals surface area contributed by atoms with E-state index in [9.17, 15) is 4.79 Å². The Kier molecular flexibility index (Phi) is 3.88. The summed E-state index contributed by atoms with van der Waals surface area (Å²) in [4.78, 5) is 14.3. The van der Waals surface area contributed by atoms with Gasteiger partial charge in [-0.15, -0.1) is 0 Å². The summed E-state index contributed by atoms with van der Waals surface area (Å²) in [5, 5.41) is 9.71. The van der Waals surface area contributed by atoms with Crippen molar-refractivity contribution in [3.63, 3.8) is 0 Å². The summed E-state index contributed by atoms with van der Waals surface area (Å²) < 4.78 is 5.64. The molecule has 3 aromatic rings. The van der Waals surface area contributed by atoms with E-state index in [-0.39, 0.29) is 18.1 Å². The van der Waals surface area contributed by atoms with Crippen LogP contribution < -0.4 is 4.90 Å². The quantitative estimate of drug-likeness (QED) is 0.730. The van der Waals surface area contributed by atoms with Crippen LogP contribution in [0.5, 0.6) is 0 Å². The molecule has 4 nitrogen and oxygen atoms in total. The van der Waals surface area contributed by atoms with Gasteiger partial charge in [0.25, 0.3) is 5.91 Å². The van der Waals surface area contributed by atoms with Gasteiger partial charge in [0.1, 0.15) is 5.58 Å². The number of amides is 1. The summed E-state index contributed by atoms with van der Waals surface area (Å²) in [7, 11) is 0. The molecule has 22 heavy (non-hydrogen) atoms. The van der Waals surface area contributed by atoms with Crippen molar-refractivity contribution < 1.29 is 9.21 Å². The molecule has 0 fully saturated rings. The van der Waals surface area contributed by atoms with Gasteiger partial charge in [-0.1, -0.05) is 36.4 Å². The van der Waals surface area contributed by atoms with E-state index in [2.05, 4.69) is 6.07 Å². The number of nitrogens with zero attached hydrogens (tertiary/aromatic N) is 2. The molecule has 0 N–H and O–H groups in total. The van der Waals surface area contributed by atoms with Crippen molar-refractivity contribution in [1.82, 2.24) is 0 Å². The van der Waals surface area contributed by atoms with Gasteiger partial charge in [0.05, 0.1) is 12.5 Å². The molecule has 0 unspecified atom stereocenters. The number of benzene rings is 2. The lowest BCUT2D eigenvalue weighted by atomic mass is 10.2. The van der Waals surface area contributed by atoms with Crippen LogP contribution in [0.15, 0.2) is 65.1 Å². The van der Waals surface area contributed by atoms with E-state index in [1.807, 2.05) is 54.6 Å². The van der Waals surface area contributed by atoms with Crippen LogP contribution >= 0.6 is 0 Å². The van der Waals surface area contributed by atoms with Crippen LogP contribution in [-0.2, 0) is 0 Å². The number of carbonyl (C=O) groups is 1. The molecule has 1 amide bonds. The van der Waals surface area contributed by atoms with E-state index in [0.29, 0.717) is 12.1 Å². The summed E-state index contributed by atoms with van der Waals surface area (Å²) in [6.07, 6.45) is 0.265. The molecular formula is C18H14N2O2. The zero-order chi connectivity index (χ0) is 15.4. The molecule has 0 saturated carbocycles. The predicted octanol–water partition coefficient (Wildman–Crippen LogP) is 3.99. The number of fused-ring (bicyclic) bond motifs is 1. The Labute approximate surface area is 128 Å². The minimum atomic E-state index is -0.238. The van der Waals surface area contributed by atoms with Crippen molar-refractivity contribution in [2.75, 3.05) is 11.4 Å². The van der Waals surface area contributed by atoms with E-state index < -0.39 is 0 Å². The summed E-state index contributed by atoms with van der Waals surface area (Å²) >= 11 is 0.